The number of halogens is 4. The first-order chi connectivity index (χ1) is 15.7. The monoisotopic (exact) mass is 469 g/mol. The third-order valence-electron chi connectivity index (χ3n) is 5.41. The summed E-state index contributed by atoms with van der Waals surface area (Å²) in [4.78, 5) is 24.1. The summed E-state index contributed by atoms with van der Waals surface area (Å²) < 4.78 is 40.2. The van der Waals surface area contributed by atoms with Crippen LogP contribution in [0.5, 0.6) is 0 Å². The topological polar surface area (TPSA) is 87.9 Å². The van der Waals surface area contributed by atoms with Gasteiger partial charge in [0.25, 0.3) is 5.56 Å². The number of fused-ring (bicyclic) bond motifs is 2. The summed E-state index contributed by atoms with van der Waals surface area (Å²) in [5, 5.41) is 0.495. The van der Waals surface area contributed by atoms with E-state index in [1.165, 1.54) is 12.3 Å². The van der Waals surface area contributed by atoms with Crippen molar-refractivity contribution in [2.24, 2.45) is 5.73 Å². The van der Waals surface area contributed by atoms with Crippen molar-refractivity contribution in [1.82, 2.24) is 15.0 Å². The van der Waals surface area contributed by atoms with Crippen LogP contribution in [0, 0.1) is 0 Å². The van der Waals surface area contributed by atoms with E-state index in [0.29, 0.717) is 44.1 Å². The number of benzene rings is 2. The molecule has 0 saturated heterocycles. The lowest BCUT2D eigenvalue weighted by atomic mass is 9.95. The Morgan fingerprint density at radius 1 is 1.06 bits per heavy atom. The molecule has 0 aliphatic carbocycles. The Bertz CT molecular complexity index is 1480. The van der Waals surface area contributed by atoms with Crippen LogP contribution in [0.1, 0.15) is 16.8 Å². The van der Waals surface area contributed by atoms with Crippen LogP contribution in [-0.2, 0) is 6.18 Å². The molecule has 0 spiro atoms. The second-order valence-electron chi connectivity index (χ2n) is 7.50. The van der Waals surface area contributed by atoms with Crippen molar-refractivity contribution in [3.05, 3.63) is 93.0 Å². The lowest BCUT2D eigenvalue weighted by Crippen LogP contribution is -2.29. The van der Waals surface area contributed by atoms with E-state index < -0.39 is 11.9 Å². The standard InChI is InChI=1S/C23H15ClF3N5O/c24-13-2-4-14(5-3-13)32-11-16(12-1-7-17-18(9-12)30-20(33)10-29-17)21(28)15-6-8-19(23(25,26)27)31-22(15)32/h1-10H,11,28H2,(H,30,33). The summed E-state index contributed by atoms with van der Waals surface area (Å²) in [5.41, 5.74) is 8.87. The van der Waals surface area contributed by atoms with Gasteiger partial charge in [-0.05, 0) is 54.1 Å². The average Bonchev–Trinajstić information content (AvgIpc) is 2.79. The molecule has 33 heavy (non-hydrogen) atoms. The molecular formula is C23H15ClF3N5O. The molecule has 0 amide bonds. The van der Waals surface area contributed by atoms with E-state index >= 15 is 0 Å². The minimum absolute atomic E-state index is 0.101. The number of hydrogen-bond donors (Lipinski definition) is 2. The lowest BCUT2D eigenvalue weighted by molar-refractivity contribution is -0.141. The quantitative estimate of drug-likeness (QED) is 0.433. The van der Waals surface area contributed by atoms with Crippen LogP contribution in [0.3, 0.4) is 0 Å². The summed E-state index contributed by atoms with van der Waals surface area (Å²) in [5.74, 6) is 0.101. The van der Waals surface area contributed by atoms with Gasteiger partial charge in [-0.25, -0.2) is 9.97 Å². The van der Waals surface area contributed by atoms with Crippen LogP contribution in [0.15, 0.2) is 65.6 Å². The normalized spacial score (nSPS) is 14.0. The maximum Gasteiger partial charge on any atom is 0.433 e. The highest BCUT2D eigenvalue weighted by Gasteiger charge is 2.35. The SMILES string of the molecule is NC1=C(c2ccc3ncc(=O)[nH]c3c2)CN(c2ccc(Cl)cc2)c2nc(C(F)(F)F)ccc21. The molecule has 5 rings (SSSR count). The molecule has 2 aromatic heterocycles. The Balaban J connectivity index is 1.71. The average molecular weight is 470 g/mol. The number of hydrogen-bond acceptors (Lipinski definition) is 5. The molecule has 0 saturated carbocycles. The molecule has 10 heteroatoms. The molecule has 3 N–H and O–H groups in total. The third-order valence-corrected chi connectivity index (χ3v) is 5.67. The van der Waals surface area contributed by atoms with Gasteiger partial charge in [-0.2, -0.15) is 13.2 Å². The summed E-state index contributed by atoms with van der Waals surface area (Å²) in [7, 11) is 0. The zero-order valence-corrected chi connectivity index (χ0v) is 17.6. The summed E-state index contributed by atoms with van der Waals surface area (Å²) in [6.07, 6.45) is -3.41. The number of pyridine rings is 1. The number of rotatable bonds is 2. The van der Waals surface area contributed by atoms with Gasteiger partial charge < -0.3 is 15.6 Å². The van der Waals surface area contributed by atoms with Crippen molar-refractivity contribution in [3.8, 4) is 0 Å². The second kappa shape index (κ2) is 7.63. The van der Waals surface area contributed by atoms with E-state index in [2.05, 4.69) is 15.0 Å². The molecular weight excluding hydrogens is 455 g/mol. The van der Waals surface area contributed by atoms with Crippen molar-refractivity contribution in [3.63, 3.8) is 0 Å². The molecule has 1 aliphatic rings. The zero-order valence-electron chi connectivity index (χ0n) is 16.8. The van der Waals surface area contributed by atoms with E-state index in [-0.39, 0.29) is 17.9 Å². The van der Waals surface area contributed by atoms with Gasteiger partial charge in [-0.15, -0.1) is 0 Å². The predicted octanol–water partition coefficient (Wildman–Crippen LogP) is 4.97. The molecule has 3 heterocycles. The first kappa shape index (κ1) is 21.0. The summed E-state index contributed by atoms with van der Waals surface area (Å²) >= 11 is 6.00. The van der Waals surface area contributed by atoms with Gasteiger partial charge in [0.15, 0.2) is 0 Å². The zero-order chi connectivity index (χ0) is 23.3. The molecule has 2 aromatic carbocycles. The number of nitrogens with one attached hydrogen (secondary N) is 1. The van der Waals surface area contributed by atoms with Crippen LogP contribution in [0.2, 0.25) is 5.02 Å². The molecule has 0 atom stereocenters. The third kappa shape index (κ3) is 3.80. The fourth-order valence-corrected chi connectivity index (χ4v) is 3.94. The number of nitrogens with two attached hydrogens (primary N) is 1. The van der Waals surface area contributed by atoms with Gasteiger partial charge in [0.2, 0.25) is 0 Å². The van der Waals surface area contributed by atoms with Gasteiger partial charge in [-0.1, -0.05) is 17.7 Å². The molecule has 6 nitrogen and oxygen atoms in total. The molecule has 4 aromatic rings. The van der Waals surface area contributed by atoms with Crippen LogP contribution >= 0.6 is 11.6 Å². The van der Waals surface area contributed by atoms with Crippen LogP contribution < -0.4 is 16.2 Å². The number of H-pyrrole nitrogens is 1. The van der Waals surface area contributed by atoms with Crippen molar-refractivity contribution in [1.29, 1.82) is 0 Å². The van der Waals surface area contributed by atoms with Gasteiger partial charge >= 0.3 is 6.18 Å². The van der Waals surface area contributed by atoms with E-state index in [1.807, 2.05) is 0 Å². The minimum atomic E-state index is -4.60. The Morgan fingerprint density at radius 3 is 2.55 bits per heavy atom. The van der Waals surface area contributed by atoms with Gasteiger partial charge in [0.05, 0.1) is 23.8 Å². The second-order valence-corrected chi connectivity index (χ2v) is 7.94. The number of alkyl halides is 3. The fourth-order valence-electron chi connectivity index (χ4n) is 3.81. The summed E-state index contributed by atoms with van der Waals surface area (Å²) in [6, 6.07) is 14.2. The van der Waals surface area contributed by atoms with Gasteiger partial charge in [-0.3, -0.25) is 4.79 Å². The fraction of sp³-hybridized carbons (Fsp3) is 0.0870. The van der Waals surface area contributed by atoms with E-state index in [4.69, 9.17) is 17.3 Å². The smallest absolute Gasteiger partial charge is 0.398 e. The minimum Gasteiger partial charge on any atom is -0.398 e. The Labute approximate surface area is 190 Å². The maximum atomic E-state index is 13.4. The molecule has 0 fully saturated rings. The van der Waals surface area contributed by atoms with E-state index in [1.54, 1.807) is 47.4 Å². The predicted molar refractivity (Wildman–Crippen MR) is 121 cm³/mol. The van der Waals surface area contributed by atoms with Crippen LogP contribution in [-0.4, -0.2) is 21.5 Å². The van der Waals surface area contributed by atoms with Crippen molar-refractivity contribution in [2.45, 2.75) is 6.18 Å². The molecule has 1 aliphatic heterocycles. The van der Waals surface area contributed by atoms with E-state index in [0.717, 1.165) is 6.07 Å². The lowest BCUT2D eigenvalue weighted by Gasteiger charge is -2.33. The van der Waals surface area contributed by atoms with Crippen molar-refractivity contribution in [2.75, 3.05) is 11.4 Å². The highest BCUT2D eigenvalue weighted by Crippen LogP contribution is 2.41. The molecule has 0 unspecified atom stereocenters. The number of aromatic amines is 1. The van der Waals surface area contributed by atoms with Gasteiger partial charge in [0.1, 0.15) is 11.5 Å². The van der Waals surface area contributed by atoms with Crippen LogP contribution in [0.25, 0.3) is 22.3 Å². The van der Waals surface area contributed by atoms with Gasteiger partial charge in [0, 0.05) is 27.5 Å². The summed E-state index contributed by atoms with van der Waals surface area (Å²) in [6.45, 7) is 0.158. The Kier molecular flexibility index (Phi) is 4.86. The number of nitrogens with zero attached hydrogens (tertiary/aromatic N) is 3. The first-order valence-electron chi connectivity index (χ1n) is 9.80. The van der Waals surface area contributed by atoms with Crippen molar-refractivity contribution >= 4 is 45.4 Å². The molecule has 0 bridgehead atoms. The molecule has 0 radical (unpaired) electrons. The van der Waals surface area contributed by atoms with Crippen LogP contribution in [0.4, 0.5) is 24.7 Å². The highest BCUT2D eigenvalue weighted by atomic mass is 35.5. The Morgan fingerprint density at radius 2 is 1.82 bits per heavy atom. The molecule has 166 valence electrons. The van der Waals surface area contributed by atoms with Crippen molar-refractivity contribution < 1.29 is 13.2 Å². The Hall–Kier alpha value is -3.85. The van der Waals surface area contributed by atoms with E-state index in [9.17, 15) is 18.0 Å². The largest absolute Gasteiger partial charge is 0.433 e. The number of aromatic nitrogens is 3. The number of anilines is 2. The highest BCUT2D eigenvalue weighted by molar-refractivity contribution is 6.30. The first-order valence-corrected chi connectivity index (χ1v) is 10.2. The maximum absolute atomic E-state index is 13.4.